The average molecular weight is 269 g/mol. The highest BCUT2D eigenvalue weighted by molar-refractivity contribution is 6.01. The van der Waals surface area contributed by atoms with Crippen LogP contribution in [0.15, 0.2) is 30.3 Å². The van der Waals surface area contributed by atoms with Gasteiger partial charge in [-0.15, -0.1) is 0 Å². The number of hydrogen-bond donors (Lipinski definition) is 3. The number of anilines is 1. The molecule has 0 aliphatic heterocycles. The van der Waals surface area contributed by atoms with Gasteiger partial charge in [-0.1, -0.05) is 12.1 Å². The molecule has 0 radical (unpaired) electrons. The van der Waals surface area contributed by atoms with Gasteiger partial charge in [0.1, 0.15) is 5.82 Å². The molecule has 1 aromatic carbocycles. The molecule has 0 bridgehead atoms. The minimum Gasteiger partial charge on any atom is -0.365 e. The van der Waals surface area contributed by atoms with E-state index in [9.17, 15) is 9.59 Å². The number of nitrogens with one attached hydrogen (secondary N) is 1. The van der Waals surface area contributed by atoms with Crippen molar-refractivity contribution in [3.63, 3.8) is 0 Å². The molecule has 0 spiro atoms. The fraction of sp³-hybridized carbons (Fsp3) is 0. The monoisotopic (exact) mass is 269 g/mol. The number of carbonyl (C=O) groups excluding carboxylic acids is 2. The summed E-state index contributed by atoms with van der Waals surface area (Å²) in [6.07, 6.45) is 0.355. The Balaban J connectivity index is 2.55. The summed E-state index contributed by atoms with van der Waals surface area (Å²) in [6, 6.07) is 10.3. The van der Waals surface area contributed by atoms with Gasteiger partial charge in [-0.25, -0.2) is 10.9 Å². The predicted octanol–water partition coefficient (Wildman–Crippen LogP) is 0.489. The van der Waals surface area contributed by atoms with Crippen LogP contribution >= 0.6 is 0 Å². The number of primary amides is 1. The Kier molecular flexibility index (Phi) is 3.50. The Hall–Kier alpha value is -3.11. The molecular formula is C13H11N5O2. The third-order valence-electron chi connectivity index (χ3n) is 2.74. The number of nitrogens with zero attached hydrogens (tertiary/aromatic N) is 2. The van der Waals surface area contributed by atoms with Crippen LogP contribution in [0.2, 0.25) is 0 Å². The van der Waals surface area contributed by atoms with E-state index in [0.717, 1.165) is 5.01 Å². The second kappa shape index (κ2) is 5.26. The zero-order valence-electron chi connectivity index (χ0n) is 10.3. The number of nitrogens with two attached hydrogens (primary N) is 2. The molecule has 0 aliphatic carbocycles. The van der Waals surface area contributed by atoms with E-state index in [1.54, 1.807) is 24.3 Å². The Labute approximate surface area is 114 Å². The fourth-order valence-corrected chi connectivity index (χ4v) is 1.80. The number of benzene rings is 1. The van der Waals surface area contributed by atoms with E-state index in [-0.39, 0.29) is 11.4 Å². The Morgan fingerprint density at radius 1 is 1.40 bits per heavy atom. The van der Waals surface area contributed by atoms with E-state index in [1.807, 2.05) is 6.07 Å². The van der Waals surface area contributed by atoms with Crippen LogP contribution in [0.5, 0.6) is 0 Å². The number of hydrogen-bond acceptors (Lipinski definition) is 4. The number of aromatic nitrogens is 1. The molecule has 5 N–H and O–H groups in total. The standard InChI is InChI=1S/C13H11N5O2/c14-6-8-2-1-3-9(4-8)11-5-10(12(15)20)13(17-11)18(16)7-19/h1-5,7,17H,16H2,(H2,15,20). The van der Waals surface area contributed by atoms with E-state index in [0.29, 0.717) is 23.2 Å². The summed E-state index contributed by atoms with van der Waals surface area (Å²) in [5, 5.41) is 9.61. The van der Waals surface area contributed by atoms with Crippen LogP contribution in [0.3, 0.4) is 0 Å². The lowest BCUT2D eigenvalue weighted by molar-refractivity contribution is -0.107. The van der Waals surface area contributed by atoms with Gasteiger partial charge in [0.05, 0.1) is 17.2 Å². The molecule has 2 aromatic rings. The first-order valence-corrected chi connectivity index (χ1v) is 5.59. The van der Waals surface area contributed by atoms with Crippen molar-refractivity contribution in [1.82, 2.24) is 4.98 Å². The van der Waals surface area contributed by atoms with Crippen LogP contribution in [0, 0.1) is 11.3 Å². The summed E-state index contributed by atoms with van der Waals surface area (Å²) in [5.41, 5.74) is 7.02. The van der Waals surface area contributed by atoms with Gasteiger partial charge < -0.3 is 10.7 Å². The van der Waals surface area contributed by atoms with Crippen molar-refractivity contribution in [1.29, 1.82) is 5.26 Å². The van der Waals surface area contributed by atoms with Gasteiger partial charge in [0.25, 0.3) is 5.91 Å². The highest BCUT2D eigenvalue weighted by Gasteiger charge is 2.17. The number of H-pyrrole nitrogens is 1. The van der Waals surface area contributed by atoms with Crippen molar-refractivity contribution in [2.75, 3.05) is 5.01 Å². The Morgan fingerprint density at radius 2 is 2.15 bits per heavy atom. The third kappa shape index (κ3) is 2.36. The van der Waals surface area contributed by atoms with Gasteiger partial charge >= 0.3 is 0 Å². The summed E-state index contributed by atoms with van der Waals surface area (Å²) in [7, 11) is 0. The molecule has 1 heterocycles. The molecule has 100 valence electrons. The molecule has 0 fully saturated rings. The van der Waals surface area contributed by atoms with E-state index in [1.165, 1.54) is 6.07 Å². The number of aromatic amines is 1. The molecule has 0 saturated heterocycles. The average Bonchev–Trinajstić information content (AvgIpc) is 2.92. The van der Waals surface area contributed by atoms with Crippen molar-refractivity contribution in [2.24, 2.45) is 11.6 Å². The first kappa shape index (κ1) is 13.3. The van der Waals surface area contributed by atoms with Crippen LogP contribution in [-0.2, 0) is 4.79 Å². The van der Waals surface area contributed by atoms with Crippen LogP contribution in [0.4, 0.5) is 5.82 Å². The minimum absolute atomic E-state index is 0.0944. The minimum atomic E-state index is -0.712. The van der Waals surface area contributed by atoms with E-state index in [4.69, 9.17) is 16.8 Å². The molecule has 0 saturated carbocycles. The summed E-state index contributed by atoms with van der Waals surface area (Å²) in [4.78, 5) is 24.9. The third-order valence-corrected chi connectivity index (χ3v) is 2.74. The zero-order valence-corrected chi connectivity index (χ0v) is 10.3. The highest BCUT2D eigenvalue weighted by Crippen LogP contribution is 2.26. The molecular weight excluding hydrogens is 258 g/mol. The number of nitriles is 1. The van der Waals surface area contributed by atoms with Gasteiger partial charge in [0.2, 0.25) is 6.41 Å². The maximum atomic E-state index is 11.4. The number of carbonyl (C=O) groups is 2. The highest BCUT2D eigenvalue weighted by atomic mass is 16.1. The zero-order chi connectivity index (χ0) is 14.7. The smallest absolute Gasteiger partial charge is 0.252 e. The topological polar surface area (TPSA) is 129 Å². The summed E-state index contributed by atoms with van der Waals surface area (Å²) >= 11 is 0. The van der Waals surface area contributed by atoms with E-state index in [2.05, 4.69) is 4.98 Å². The van der Waals surface area contributed by atoms with Gasteiger partial charge in [-0.2, -0.15) is 5.26 Å². The molecule has 0 unspecified atom stereocenters. The van der Waals surface area contributed by atoms with Crippen LogP contribution < -0.4 is 16.6 Å². The first-order chi connectivity index (χ1) is 9.56. The molecule has 20 heavy (non-hydrogen) atoms. The molecule has 0 atom stereocenters. The number of amides is 2. The summed E-state index contributed by atoms with van der Waals surface area (Å²) in [5.74, 6) is 4.84. The van der Waals surface area contributed by atoms with Crippen LogP contribution in [0.25, 0.3) is 11.3 Å². The van der Waals surface area contributed by atoms with Crippen molar-refractivity contribution >= 4 is 18.1 Å². The molecule has 7 nitrogen and oxygen atoms in total. The maximum absolute atomic E-state index is 11.4. The van der Waals surface area contributed by atoms with Crippen molar-refractivity contribution in [3.8, 4) is 17.3 Å². The van der Waals surface area contributed by atoms with Gasteiger partial charge in [0.15, 0.2) is 0 Å². The van der Waals surface area contributed by atoms with E-state index >= 15 is 0 Å². The van der Waals surface area contributed by atoms with Gasteiger partial charge in [0, 0.05) is 5.69 Å². The second-order valence-electron chi connectivity index (χ2n) is 4.01. The molecule has 2 amide bonds. The second-order valence-corrected chi connectivity index (χ2v) is 4.01. The molecule has 2 rings (SSSR count). The quantitative estimate of drug-likeness (QED) is 0.323. The summed E-state index contributed by atoms with van der Waals surface area (Å²) in [6.45, 7) is 0. The van der Waals surface area contributed by atoms with Gasteiger partial charge in [-0.3, -0.25) is 9.59 Å². The van der Waals surface area contributed by atoms with Crippen LogP contribution in [0.1, 0.15) is 15.9 Å². The Bertz CT molecular complexity index is 714. The summed E-state index contributed by atoms with van der Waals surface area (Å²) < 4.78 is 0. The normalized spacial score (nSPS) is 9.80. The molecule has 0 aliphatic rings. The Morgan fingerprint density at radius 3 is 2.75 bits per heavy atom. The lowest BCUT2D eigenvalue weighted by Gasteiger charge is -2.08. The number of rotatable bonds is 4. The largest absolute Gasteiger partial charge is 0.365 e. The van der Waals surface area contributed by atoms with Crippen molar-refractivity contribution in [2.45, 2.75) is 0 Å². The lowest BCUT2D eigenvalue weighted by atomic mass is 10.1. The van der Waals surface area contributed by atoms with Crippen LogP contribution in [-0.4, -0.2) is 17.3 Å². The maximum Gasteiger partial charge on any atom is 0.252 e. The molecule has 7 heteroatoms. The fourth-order valence-electron chi connectivity index (χ4n) is 1.80. The van der Waals surface area contributed by atoms with Gasteiger partial charge in [-0.05, 0) is 23.8 Å². The van der Waals surface area contributed by atoms with Crippen molar-refractivity contribution < 1.29 is 9.59 Å². The first-order valence-electron chi connectivity index (χ1n) is 5.59. The SMILES string of the molecule is N#Cc1cccc(-c2cc(C(N)=O)c(N(N)C=O)[nH]2)c1. The lowest BCUT2D eigenvalue weighted by Crippen LogP contribution is -2.31. The molecule has 1 aromatic heterocycles. The van der Waals surface area contributed by atoms with E-state index < -0.39 is 5.91 Å². The predicted molar refractivity (Wildman–Crippen MR) is 72.2 cm³/mol. The number of hydrazine groups is 1. The van der Waals surface area contributed by atoms with Crippen molar-refractivity contribution in [3.05, 3.63) is 41.5 Å².